The number of methoxy groups -OCH3 is 1. The maximum absolute atomic E-state index is 12.4. The van der Waals surface area contributed by atoms with Crippen molar-refractivity contribution < 1.29 is 14.0 Å². The van der Waals surface area contributed by atoms with E-state index in [9.17, 15) is 4.79 Å². The number of ether oxygens (including phenoxy) is 1. The van der Waals surface area contributed by atoms with Crippen LogP contribution in [-0.2, 0) is 14.0 Å². The van der Waals surface area contributed by atoms with Crippen LogP contribution in [0.15, 0.2) is 29.3 Å². The predicted octanol–water partition coefficient (Wildman–Crippen LogP) is 4.71. The number of rotatable bonds is 4. The molecule has 1 saturated carbocycles. The van der Waals surface area contributed by atoms with Gasteiger partial charge in [-0.3, -0.25) is 9.79 Å². The Hall–Kier alpha value is -1.17. The van der Waals surface area contributed by atoms with Gasteiger partial charge in [0.05, 0.1) is 24.7 Å². The number of aliphatic imine (C=N–C) groups is 1. The van der Waals surface area contributed by atoms with E-state index in [4.69, 9.17) is 25.8 Å². The van der Waals surface area contributed by atoms with Gasteiger partial charge in [-0.2, -0.15) is 0 Å². The van der Waals surface area contributed by atoms with E-state index in [-0.39, 0.29) is 17.5 Å². The summed E-state index contributed by atoms with van der Waals surface area (Å²) in [7, 11) is -0.303. The second-order valence-electron chi connectivity index (χ2n) is 8.80. The van der Waals surface area contributed by atoms with Crippen molar-refractivity contribution in [2.24, 2.45) is 16.3 Å². The van der Waals surface area contributed by atoms with Crippen LogP contribution in [0.1, 0.15) is 31.7 Å². The molecule has 3 atom stereocenters. The standard InChI is InChI=1S/C20H28ClNO3Si/c1-19(18(23)24-2)10-11-20(25-26(3,4)5)13-22-17(16(20)12-19)14-6-8-15(21)9-7-14/h6-9,16H,10-13H2,1-5H3. The summed E-state index contributed by atoms with van der Waals surface area (Å²) in [5.41, 5.74) is 1.31. The van der Waals surface area contributed by atoms with Gasteiger partial charge < -0.3 is 9.16 Å². The van der Waals surface area contributed by atoms with Crippen molar-refractivity contribution in [3.8, 4) is 0 Å². The molecule has 3 unspecified atom stereocenters. The Labute approximate surface area is 162 Å². The second-order valence-corrected chi connectivity index (χ2v) is 13.7. The average Bonchev–Trinajstić information content (AvgIpc) is 2.91. The minimum absolute atomic E-state index is 0.0910. The quantitative estimate of drug-likeness (QED) is 0.549. The van der Waals surface area contributed by atoms with E-state index in [1.54, 1.807) is 0 Å². The van der Waals surface area contributed by atoms with Crippen LogP contribution in [0.25, 0.3) is 0 Å². The lowest BCUT2D eigenvalue weighted by atomic mass is 9.63. The Bertz CT molecular complexity index is 728. The highest BCUT2D eigenvalue weighted by molar-refractivity contribution is 6.69. The van der Waals surface area contributed by atoms with Crippen LogP contribution in [0.4, 0.5) is 0 Å². The lowest BCUT2D eigenvalue weighted by Gasteiger charge is -2.48. The molecule has 1 aromatic rings. The van der Waals surface area contributed by atoms with E-state index in [1.807, 2.05) is 31.2 Å². The molecule has 1 heterocycles. The van der Waals surface area contributed by atoms with E-state index in [1.165, 1.54) is 7.11 Å². The zero-order chi connectivity index (χ0) is 19.2. The highest BCUT2D eigenvalue weighted by atomic mass is 35.5. The molecule has 1 aliphatic carbocycles. The Morgan fingerprint density at radius 3 is 2.46 bits per heavy atom. The molecule has 0 saturated heterocycles. The molecule has 6 heteroatoms. The van der Waals surface area contributed by atoms with Gasteiger partial charge >= 0.3 is 5.97 Å². The summed E-state index contributed by atoms with van der Waals surface area (Å²) >= 11 is 6.06. The summed E-state index contributed by atoms with van der Waals surface area (Å²) in [6, 6.07) is 7.80. The topological polar surface area (TPSA) is 47.9 Å². The lowest BCUT2D eigenvalue weighted by Crippen LogP contribution is -2.55. The van der Waals surface area contributed by atoms with E-state index < -0.39 is 13.7 Å². The molecule has 2 aliphatic rings. The molecule has 0 amide bonds. The van der Waals surface area contributed by atoms with Gasteiger partial charge in [0.1, 0.15) is 0 Å². The first kappa shape index (κ1) is 19.6. The third kappa shape index (κ3) is 3.62. The van der Waals surface area contributed by atoms with Crippen LogP contribution >= 0.6 is 11.6 Å². The summed E-state index contributed by atoms with van der Waals surface area (Å²) < 4.78 is 11.8. The smallest absolute Gasteiger partial charge is 0.311 e. The highest BCUT2D eigenvalue weighted by Crippen LogP contribution is 2.51. The van der Waals surface area contributed by atoms with Crippen molar-refractivity contribution in [3.63, 3.8) is 0 Å². The van der Waals surface area contributed by atoms with Crippen molar-refractivity contribution in [2.75, 3.05) is 13.7 Å². The average molecular weight is 394 g/mol. The molecule has 1 fully saturated rings. The number of carbonyl (C=O) groups is 1. The van der Waals surface area contributed by atoms with E-state index >= 15 is 0 Å². The van der Waals surface area contributed by atoms with Crippen molar-refractivity contribution in [1.29, 1.82) is 0 Å². The highest BCUT2D eigenvalue weighted by Gasteiger charge is 2.56. The largest absolute Gasteiger partial charge is 0.469 e. The fraction of sp³-hybridized carbons (Fsp3) is 0.600. The van der Waals surface area contributed by atoms with Crippen LogP contribution in [-0.4, -0.2) is 39.3 Å². The summed E-state index contributed by atoms with van der Waals surface area (Å²) in [6.45, 7) is 9.32. The number of hydrogen-bond donors (Lipinski definition) is 0. The molecule has 1 aliphatic heterocycles. The number of carbonyl (C=O) groups excluding carboxylic acids is 1. The number of fused-ring (bicyclic) bond motifs is 1. The van der Waals surface area contributed by atoms with Crippen LogP contribution < -0.4 is 0 Å². The van der Waals surface area contributed by atoms with Crippen LogP contribution in [0.2, 0.25) is 24.7 Å². The molecule has 4 nitrogen and oxygen atoms in total. The van der Waals surface area contributed by atoms with Gasteiger partial charge in [-0.05, 0) is 63.5 Å². The van der Waals surface area contributed by atoms with Gasteiger partial charge in [-0.1, -0.05) is 23.7 Å². The fourth-order valence-corrected chi connectivity index (χ4v) is 6.03. The summed E-state index contributed by atoms with van der Waals surface area (Å²) in [6.07, 6.45) is 2.30. The van der Waals surface area contributed by atoms with Crippen LogP contribution in [0.3, 0.4) is 0 Å². The molecule has 3 rings (SSSR count). The zero-order valence-corrected chi connectivity index (χ0v) is 18.0. The number of esters is 1. The first-order valence-corrected chi connectivity index (χ1v) is 13.0. The Kier molecular flexibility index (Phi) is 5.10. The van der Waals surface area contributed by atoms with Gasteiger partial charge in [-0.15, -0.1) is 0 Å². The Morgan fingerprint density at radius 2 is 1.88 bits per heavy atom. The Balaban J connectivity index is 1.98. The monoisotopic (exact) mass is 393 g/mol. The predicted molar refractivity (Wildman–Crippen MR) is 107 cm³/mol. The normalized spacial score (nSPS) is 31.3. The molecule has 0 spiro atoms. The molecule has 0 N–H and O–H groups in total. The molecule has 0 aromatic heterocycles. The maximum atomic E-state index is 12.4. The number of hydrogen-bond acceptors (Lipinski definition) is 4. The van der Waals surface area contributed by atoms with Crippen LogP contribution in [0, 0.1) is 11.3 Å². The van der Waals surface area contributed by atoms with Gasteiger partial charge in [0.25, 0.3) is 0 Å². The van der Waals surface area contributed by atoms with Crippen LogP contribution in [0.5, 0.6) is 0 Å². The summed E-state index contributed by atoms with van der Waals surface area (Å²) in [4.78, 5) is 17.3. The molecule has 142 valence electrons. The molecule has 26 heavy (non-hydrogen) atoms. The first-order valence-electron chi connectivity index (χ1n) is 9.17. The van der Waals surface area contributed by atoms with E-state index in [2.05, 4.69) is 19.6 Å². The third-order valence-electron chi connectivity index (χ3n) is 5.56. The SMILES string of the molecule is COC(=O)C1(C)CCC2(O[Si](C)(C)C)CN=C(c3ccc(Cl)cc3)C2C1. The van der Waals surface area contributed by atoms with Crippen molar-refractivity contribution in [3.05, 3.63) is 34.9 Å². The minimum atomic E-state index is -1.77. The molecule has 0 bridgehead atoms. The van der Waals surface area contributed by atoms with Gasteiger partial charge in [-0.25, -0.2) is 0 Å². The number of halogens is 1. The van der Waals surface area contributed by atoms with Crippen molar-refractivity contribution in [2.45, 2.75) is 51.4 Å². The summed E-state index contributed by atoms with van der Waals surface area (Å²) in [5.74, 6) is -0.0466. The van der Waals surface area contributed by atoms with Gasteiger partial charge in [0, 0.05) is 16.7 Å². The zero-order valence-electron chi connectivity index (χ0n) is 16.3. The fourth-order valence-electron chi connectivity index (χ4n) is 4.37. The first-order chi connectivity index (χ1) is 12.1. The minimum Gasteiger partial charge on any atom is -0.469 e. The molecular weight excluding hydrogens is 366 g/mol. The van der Waals surface area contributed by atoms with Gasteiger partial charge in [0.15, 0.2) is 8.32 Å². The second kappa shape index (κ2) is 6.77. The van der Waals surface area contributed by atoms with Crippen molar-refractivity contribution >= 4 is 31.6 Å². The third-order valence-corrected chi connectivity index (χ3v) is 6.84. The molecular formula is C20H28ClNO3Si. The van der Waals surface area contributed by atoms with E-state index in [0.717, 1.165) is 24.1 Å². The van der Waals surface area contributed by atoms with Gasteiger partial charge in [0.2, 0.25) is 0 Å². The molecule has 1 aromatic carbocycles. The lowest BCUT2D eigenvalue weighted by molar-refractivity contribution is -0.157. The number of benzene rings is 1. The van der Waals surface area contributed by atoms with Crippen molar-refractivity contribution in [1.82, 2.24) is 0 Å². The number of nitrogens with zero attached hydrogens (tertiary/aromatic N) is 1. The maximum Gasteiger partial charge on any atom is 0.311 e. The van der Waals surface area contributed by atoms with E-state index in [0.29, 0.717) is 18.0 Å². The summed E-state index contributed by atoms with van der Waals surface area (Å²) in [5, 5.41) is 0.708. The molecule has 0 radical (unpaired) electrons. The Morgan fingerprint density at radius 1 is 1.23 bits per heavy atom.